The molecule has 158 valence electrons. The van der Waals surface area contributed by atoms with Crippen LogP contribution < -0.4 is 20.1 Å². The average molecular weight is 448 g/mol. The van der Waals surface area contributed by atoms with Crippen LogP contribution in [0.25, 0.3) is 0 Å². The Morgan fingerprint density at radius 3 is 2.50 bits per heavy atom. The molecule has 0 saturated carbocycles. The molecule has 0 atom stereocenters. The Morgan fingerprint density at radius 2 is 1.87 bits per heavy atom. The van der Waals surface area contributed by atoms with Gasteiger partial charge in [0.1, 0.15) is 16.7 Å². The molecule has 0 amide bonds. The molecule has 0 fully saturated rings. The van der Waals surface area contributed by atoms with Gasteiger partial charge < -0.3 is 24.7 Å². The van der Waals surface area contributed by atoms with Crippen LogP contribution in [-0.2, 0) is 20.1 Å². The molecule has 0 spiro atoms. The Morgan fingerprint density at radius 1 is 1.10 bits per heavy atom. The normalized spacial score (nSPS) is 11.3. The summed E-state index contributed by atoms with van der Waals surface area (Å²) >= 11 is 12.2. The quantitative estimate of drug-likeness (QED) is 0.414. The first kappa shape index (κ1) is 21.8. The smallest absolute Gasteiger partial charge is 0.219 e. The van der Waals surface area contributed by atoms with Crippen molar-refractivity contribution in [2.45, 2.75) is 13.1 Å². The fourth-order valence-electron chi connectivity index (χ4n) is 2.70. The zero-order valence-electron chi connectivity index (χ0n) is 16.9. The molecule has 0 aliphatic carbocycles. The van der Waals surface area contributed by atoms with Crippen molar-refractivity contribution in [3.8, 4) is 17.4 Å². The van der Waals surface area contributed by atoms with Gasteiger partial charge in [-0.2, -0.15) is 0 Å². The van der Waals surface area contributed by atoms with Crippen LogP contribution in [0.1, 0.15) is 11.3 Å². The highest BCUT2D eigenvalue weighted by molar-refractivity contribution is 6.41. The summed E-state index contributed by atoms with van der Waals surface area (Å²) < 4.78 is 12.8. The minimum absolute atomic E-state index is 0.506. The van der Waals surface area contributed by atoms with Gasteiger partial charge in [0, 0.05) is 44.7 Å². The van der Waals surface area contributed by atoms with Crippen molar-refractivity contribution < 1.29 is 9.47 Å². The highest BCUT2D eigenvalue weighted by Crippen LogP contribution is 2.25. The number of methoxy groups -OCH3 is 1. The molecule has 3 rings (SSSR count). The molecule has 1 aromatic carbocycles. The maximum absolute atomic E-state index is 6.10. The lowest BCUT2D eigenvalue weighted by Crippen LogP contribution is -2.36. The van der Waals surface area contributed by atoms with Crippen LogP contribution >= 0.6 is 23.2 Å². The monoisotopic (exact) mass is 447 g/mol. The second-order valence-electron chi connectivity index (χ2n) is 6.40. The minimum Gasteiger partial charge on any atom is -0.497 e. The number of hydrogen-bond donors (Lipinski definition) is 2. The second kappa shape index (κ2) is 10.2. The largest absolute Gasteiger partial charge is 0.497 e. The molecule has 2 heterocycles. The molecule has 30 heavy (non-hydrogen) atoms. The second-order valence-corrected chi connectivity index (χ2v) is 7.16. The molecule has 3 aromatic rings. The van der Waals surface area contributed by atoms with E-state index in [0.29, 0.717) is 40.9 Å². The number of benzene rings is 1. The number of pyridine rings is 1. The van der Waals surface area contributed by atoms with Crippen LogP contribution in [0.5, 0.6) is 17.4 Å². The van der Waals surface area contributed by atoms with E-state index in [2.05, 4.69) is 20.6 Å². The Kier molecular flexibility index (Phi) is 7.43. The number of aromatic nitrogens is 2. The van der Waals surface area contributed by atoms with Gasteiger partial charge in [0.2, 0.25) is 5.88 Å². The topological polar surface area (TPSA) is 72.7 Å². The Bertz CT molecular complexity index is 1020. The number of guanidine groups is 1. The van der Waals surface area contributed by atoms with Gasteiger partial charge in [-0.15, -0.1) is 0 Å². The van der Waals surface area contributed by atoms with E-state index in [1.54, 1.807) is 26.4 Å². The molecular weight excluding hydrogens is 425 g/mol. The lowest BCUT2D eigenvalue weighted by molar-refractivity contribution is 0.407. The van der Waals surface area contributed by atoms with Gasteiger partial charge in [0.15, 0.2) is 5.96 Å². The molecule has 0 unspecified atom stereocenters. The lowest BCUT2D eigenvalue weighted by Gasteiger charge is -2.13. The zero-order valence-corrected chi connectivity index (χ0v) is 18.5. The number of ether oxygens (including phenoxy) is 2. The van der Waals surface area contributed by atoms with E-state index >= 15 is 0 Å². The van der Waals surface area contributed by atoms with E-state index in [-0.39, 0.29) is 0 Å². The van der Waals surface area contributed by atoms with Crippen molar-refractivity contribution in [2.75, 3.05) is 14.2 Å². The molecule has 7 nitrogen and oxygen atoms in total. The van der Waals surface area contributed by atoms with Crippen LogP contribution in [0, 0.1) is 0 Å². The Labute approximate surface area is 185 Å². The first-order chi connectivity index (χ1) is 14.5. The molecule has 2 N–H and O–H groups in total. The van der Waals surface area contributed by atoms with Crippen molar-refractivity contribution in [3.05, 3.63) is 70.1 Å². The van der Waals surface area contributed by atoms with E-state index in [1.807, 2.05) is 48.0 Å². The molecule has 2 aromatic heterocycles. The van der Waals surface area contributed by atoms with Crippen molar-refractivity contribution in [1.29, 1.82) is 0 Å². The maximum atomic E-state index is 6.10. The van der Waals surface area contributed by atoms with Crippen LogP contribution in [-0.4, -0.2) is 29.7 Å². The third-order valence-electron chi connectivity index (χ3n) is 4.40. The van der Waals surface area contributed by atoms with E-state index in [4.69, 9.17) is 32.7 Å². The van der Waals surface area contributed by atoms with Crippen molar-refractivity contribution in [3.63, 3.8) is 0 Å². The standard InChI is InChI=1S/C21H23Cl2N5O2/c1-24-21(27-13-15-9-18(22)20(23)28(15)2)26-12-14-7-8-19(25-11-14)30-17-6-4-5-16(10-17)29-3/h4-11H,12-13H2,1-3H3,(H2,24,26,27). The number of hydrogen-bond acceptors (Lipinski definition) is 4. The zero-order chi connectivity index (χ0) is 21.5. The highest BCUT2D eigenvalue weighted by atomic mass is 35.5. The first-order valence-corrected chi connectivity index (χ1v) is 9.96. The predicted octanol–water partition coefficient (Wildman–Crippen LogP) is 4.39. The number of aliphatic imine (C=N–C) groups is 1. The first-order valence-electron chi connectivity index (χ1n) is 9.21. The van der Waals surface area contributed by atoms with Crippen molar-refractivity contribution in [2.24, 2.45) is 12.0 Å². The summed E-state index contributed by atoms with van der Waals surface area (Å²) in [7, 11) is 5.19. The molecular formula is C21H23Cl2N5O2. The summed E-state index contributed by atoms with van der Waals surface area (Å²) in [5.74, 6) is 2.55. The highest BCUT2D eigenvalue weighted by Gasteiger charge is 2.09. The third-order valence-corrected chi connectivity index (χ3v) is 5.24. The molecule has 0 aliphatic heterocycles. The number of nitrogens with zero attached hydrogens (tertiary/aromatic N) is 3. The summed E-state index contributed by atoms with van der Waals surface area (Å²) in [6.45, 7) is 1.09. The molecule has 0 radical (unpaired) electrons. The fraction of sp³-hybridized carbons (Fsp3) is 0.238. The summed E-state index contributed by atoms with van der Waals surface area (Å²) in [5, 5.41) is 7.53. The van der Waals surface area contributed by atoms with Gasteiger partial charge in [0.25, 0.3) is 0 Å². The Hall–Kier alpha value is -2.90. The van der Waals surface area contributed by atoms with Gasteiger partial charge in [-0.25, -0.2) is 4.98 Å². The maximum Gasteiger partial charge on any atom is 0.219 e. The van der Waals surface area contributed by atoms with Gasteiger partial charge >= 0.3 is 0 Å². The van der Waals surface area contributed by atoms with Crippen LogP contribution in [0.15, 0.2) is 53.7 Å². The molecule has 9 heteroatoms. The van der Waals surface area contributed by atoms with Crippen molar-refractivity contribution >= 4 is 29.2 Å². The lowest BCUT2D eigenvalue weighted by atomic mass is 10.3. The summed E-state index contributed by atoms with van der Waals surface area (Å²) in [5.41, 5.74) is 1.94. The third kappa shape index (κ3) is 5.58. The summed E-state index contributed by atoms with van der Waals surface area (Å²) in [6, 6.07) is 13.0. The number of rotatable bonds is 7. The molecule has 0 aliphatic rings. The number of halogens is 2. The SMILES string of the molecule is CN=C(NCc1ccc(Oc2cccc(OC)c2)nc1)NCc1cc(Cl)c(Cl)n1C. The van der Waals surface area contributed by atoms with E-state index in [1.165, 1.54) is 0 Å². The van der Waals surface area contributed by atoms with E-state index in [0.717, 1.165) is 17.0 Å². The van der Waals surface area contributed by atoms with E-state index in [9.17, 15) is 0 Å². The predicted molar refractivity (Wildman–Crippen MR) is 120 cm³/mol. The Balaban J connectivity index is 1.52. The van der Waals surface area contributed by atoms with Gasteiger partial charge in [0.05, 0.1) is 18.7 Å². The average Bonchev–Trinajstić information content (AvgIpc) is 3.01. The minimum atomic E-state index is 0.506. The summed E-state index contributed by atoms with van der Waals surface area (Å²) in [4.78, 5) is 8.58. The van der Waals surface area contributed by atoms with Crippen LogP contribution in [0.2, 0.25) is 10.2 Å². The molecule has 0 saturated heterocycles. The summed E-state index contributed by atoms with van der Waals surface area (Å²) in [6.07, 6.45) is 1.76. The van der Waals surface area contributed by atoms with Crippen LogP contribution in [0.4, 0.5) is 0 Å². The molecule has 0 bridgehead atoms. The van der Waals surface area contributed by atoms with Crippen molar-refractivity contribution in [1.82, 2.24) is 20.2 Å². The van der Waals surface area contributed by atoms with Crippen LogP contribution in [0.3, 0.4) is 0 Å². The van der Waals surface area contributed by atoms with E-state index < -0.39 is 0 Å². The fourth-order valence-corrected chi connectivity index (χ4v) is 3.12. The van der Waals surface area contributed by atoms with Gasteiger partial charge in [-0.3, -0.25) is 4.99 Å². The van der Waals surface area contributed by atoms with Gasteiger partial charge in [-0.05, 0) is 23.8 Å². The van der Waals surface area contributed by atoms with Gasteiger partial charge in [-0.1, -0.05) is 35.3 Å². The number of nitrogens with one attached hydrogen (secondary N) is 2.